The largest absolute Gasteiger partial charge is 0.324 e. The highest BCUT2D eigenvalue weighted by Crippen LogP contribution is 2.28. The smallest absolute Gasteiger partial charge is 0.0300 e. The number of fused-ring (bicyclic) bond motifs is 1. The molecule has 1 aromatic carbocycles. The molecule has 0 aromatic heterocycles. The van der Waals surface area contributed by atoms with E-state index in [0.717, 1.165) is 12.8 Å². The van der Waals surface area contributed by atoms with Gasteiger partial charge in [-0.25, -0.2) is 0 Å². The van der Waals surface area contributed by atoms with Gasteiger partial charge in [0.25, 0.3) is 0 Å². The Balaban J connectivity index is 0.000000336. The van der Waals surface area contributed by atoms with Crippen LogP contribution in [0.1, 0.15) is 37.4 Å². The summed E-state index contributed by atoms with van der Waals surface area (Å²) in [6, 6.07) is 8.74. The van der Waals surface area contributed by atoms with E-state index in [4.69, 9.17) is 5.73 Å². The van der Waals surface area contributed by atoms with Crippen LogP contribution in [-0.2, 0) is 6.42 Å². The Morgan fingerprint density at radius 2 is 1.92 bits per heavy atom. The van der Waals surface area contributed by atoms with Crippen molar-refractivity contribution in [3.05, 3.63) is 35.4 Å². The second-order valence-corrected chi connectivity index (χ2v) is 2.84. The molecule has 1 aromatic rings. The van der Waals surface area contributed by atoms with Gasteiger partial charge in [-0.15, -0.1) is 0 Å². The summed E-state index contributed by atoms with van der Waals surface area (Å²) >= 11 is 0. The summed E-state index contributed by atoms with van der Waals surface area (Å²) in [7, 11) is 0. The fourth-order valence-corrected chi connectivity index (χ4v) is 1.59. The fraction of sp³-hybridized carbons (Fsp3) is 0.455. The lowest BCUT2D eigenvalue weighted by atomic mass is 10.1. The molecular formula is C11H17N. The van der Waals surface area contributed by atoms with Gasteiger partial charge in [-0.2, -0.15) is 0 Å². The minimum absolute atomic E-state index is 0.302. The highest BCUT2D eigenvalue weighted by molar-refractivity contribution is 5.33. The lowest BCUT2D eigenvalue weighted by Crippen LogP contribution is -2.04. The maximum absolute atomic E-state index is 5.85. The van der Waals surface area contributed by atoms with Crippen molar-refractivity contribution in [1.82, 2.24) is 0 Å². The van der Waals surface area contributed by atoms with Crippen LogP contribution >= 0.6 is 0 Å². The van der Waals surface area contributed by atoms with E-state index in [-0.39, 0.29) is 0 Å². The van der Waals surface area contributed by atoms with Crippen molar-refractivity contribution < 1.29 is 0 Å². The molecule has 1 aliphatic rings. The molecule has 12 heavy (non-hydrogen) atoms. The van der Waals surface area contributed by atoms with E-state index >= 15 is 0 Å². The van der Waals surface area contributed by atoms with Gasteiger partial charge in [0, 0.05) is 6.04 Å². The first-order valence-electron chi connectivity index (χ1n) is 4.71. The molecular weight excluding hydrogens is 146 g/mol. The summed E-state index contributed by atoms with van der Waals surface area (Å²) in [6.07, 6.45) is 2.29. The predicted octanol–water partition coefficient (Wildman–Crippen LogP) is 2.66. The van der Waals surface area contributed by atoms with E-state index in [9.17, 15) is 0 Å². The third-order valence-corrected chi connectivity index (χ3v) is 2.18. The van der Waals surface area contributed by atoms with Crippen molar-refractivity contribution in [3.63, 3.8) is 0 Å². The number of benzene rings is 1. The van der Waals surface area contributed by atoms with Gasteiger partial charge in [0.1, 0.15) is 0 Å². The van der Waals surface area contributed by atoms with Crippen LogP contribution in [0, 0.1) is 0 Å². The molecule has 0 heterocycles. The molecule has 0 amide bonds. The zero-order valence-electron chi connectivity index (χ0n) is 7.88. The van der Waals surface area contributed by atoms with Crippen LogP contribution in [-0.4, -0.2) is 0 Å². The quantitative estimate of drug-likeness (QED) is 0.625. The molecule has 0 radical (unpaired) electrons. The molecule has 0 saturated heterocycles. The Bertz CT molecular complexity index is 243. The van der Waals surface area contributed by atoms with Crippen LogP contribution in [0.25, 0.3) is 0 Å². The van der Waals surface area contributed by atoms with E-state index in [2.05, 4.69) is 24.3 Å². The molecule has 1 nitrogen and oxygen atoms in total. The fourth-order valence-electron chi connectivity index (χ4n) is 1.59. The number of hydrogen-bond acceptors (Lipinski definition) is 1. The van der Waals surface area contributed by atoms with Crippen molar-refractivity contribution in [2.75, 3.05) is 0 Å². The zero-order chi connectivity index (χ0) is 8.97. The van der Waals surface area contributed by atoms with E-state index in [0.29, 0.717) is 6.04 Å². The predicted molar refractivity (Wildman–Crippen MR) is 53.0 cm³/mol. The van der Waals surface area contributed by atoms with Gasteiger partial charge in [0.2, 0.25) is 0 Å². The van der Waals surface area contributed by atoms with Gasteiger partial charge in [0.05, 0.1) is 0 Å². The van der Waals surface area contributed by atoms with Gasteiger partial charge >= 0.3 is 0 Å². The zero-order valence-corrected chi connectivity index (χ0v) is 7.88. The molecule has 0 aliphatic heterocycles. The van der Waals surface area contributed by atoms with Crippen molar-refractivity contribution in [1.29, 1.82) is 0 Å². The molecule has 1 atom stereocenters. The van der Waals surface area contributed by atoms with Gasteiger partial charge in [0.15, 0.2) is 0 Å². The minimum atomic E-state index is 0.302. The SMILES string of the molecule is CC.NC1CCc2ccccc21. The molecule has 1 unspecified atom stereocenters. The monoisotopic (exact) mass is 163 g/mol. The topological polar surface area (TPSA) is 26.0 Å². The number of hydrogen-bond donors (Lipinski definition) is 1. The van der Waals surface area contributed by atoms with Crippen molar-refractivity contribution in [2.24, 2.45) is 5.73 Å². The van der Waals surface area contributed by atoms with Gasteiger partial charge in [-0.1, -0.05) is 38.1 Å². The van der Waals surface area contributed by atoms with Crippen molar-refractivity contribution in [2.45, 2.75) is 32.7 Å². The van der Waals surface area contributed by atoms with Gasteiger partial charge in [-0.05, 0) is 24.0 Å². The Hall–Kier alpha value is -0.820. The molecule has 66 valence electrons. The number of aryl methyl sites for hydroxylation is 1. The summed E-state index contributed by atoms with van der Waals surface area (Å²) in [5, 5.41) is 0. The van der Waals surface area contributed by atoms with Crippen LogP contribution in [0.3, 0.4) is 0 Å². The third-order valence-electron chi connectivity index (χ3n) is 2.18. The highest BCUT2D eigenvalue weighted by Gasteiger charge is 2.16. The Labute approximate surface area is 74.6 Å². The molecule has 2 rings (SSSR count). The van der Waals surface area contributed by atoms with Crippen LogP contribution in [0.4, 0.5) is 0 Å². The summed E-state index contributed by atoms with van der Waals surface area (Å²) in [4.78, 5) is 0. The molecule has 2 N–H and O–H groups in total. The van der Waals surface area contributed by atoms with Crippen molar-refractivity contribution >= 4 is 0 Å². The molecule has 0 bridgehead atoms. The van der Waals surface area contributed by atoms with E-state index in [1.165, 1.54) is 11.1 Å². The maximum Gasteiger partial charge on any atom is 0.0300 e. The first-order chi connectivity index (χ1) is 5.88. The summed E-state index contributed by atoms with van der Waals surface area (Å²) in [5.74, 6) is 0. The van der Waals surface area contributed by atoms with E-state index in [1.807, 2.05) is 13.8 Å². The minimum Gasteiger partial charge on any atom is -0.324 e. The first-order valence-corrected chi connectivity index (χ1v) is 4.71. The standard InChI is InChI=1S/C9H11N.C2H6/c10-9-6-5-7-3-1-2-4-8(7)9;1-2/h1-4,9H,5-6,10H2;1-2H3. The second-order valence-electron chi connectivity index (χ2n) is 2.84. The normalized spacial score (nSPS) is 19.4. The molecule has 1 heteroatoms. The van der Waals surface area contributed by atoms with Crippen LogP contribution < -0.4 is 5.73 Å². The summed E-state index contributed by atoms with van der Waals surface area (Å²) in [5.41, 5.74) is 8.64. The molecule has 0 spiro atoms. The lowest BCUT2D eigenvalue weighted by molar-refractivity contribution is 0.713. The molecule has 0 saturated carbocycles. The first kappa shape index (κ1) is 9.27. The maximum atomic E-state index is 5.85. The van der Waals surface area contributed by atoms with E-state index in [1.54, 1.807) is 0 Å². The Kier molecular flexibility index (Phi) is 3.30. The third kappa shape index (κ3) is 1.67. The van der Waals surface area contributed by atoms with Crippen LogP contribution in [0.5, 0.6) is 0 Å². The average Bonchev–Trinajstić information content (AvgIpc) is 2.53. The molecule has 1 aliphatic carbocycles. The second kappa shape index (κ2) is 4.27. The summed E-state index contributed by atoms with van der Waals surface area (Å²) < 4.78 is 0. The van der Waals surface area contributed by atoms with Gasteiger partial charge < -0.3 is 5.73 Å². The van der Waals surface area contributed by atoms with Crippen molar-refractivity contribution in [3.8, 4) is 0 Å². The Morgan fingerprint density at radius 1 is 1.25 bits per heavy atom. The number of nitrogens with two attached hydrogens (primary N) is 1. The van der Waals surface area contributed by atoms with E-state index < -0.39 is 0 Å². The number of rotatable bonds is 0. The average molecular weight is 163 g/mol. The summed E-state index contributed by atoms with van der Waals surface area (Å²) in [6.45, 7) is 4.00. The Morgan fingerprint density at radius 3 is 2.58 bits per heavy atom. The molecule has 0 fully saturated rings. The van der Waals surface area contributed by atoms with Crippen LogP contribution in [0.2, 0.25) is 0 Å². The lowest BCUT2D eigenvalue weighted by Gasteiger charge is -2.01. The highest BCUT2D eigenvalue weighted by atomic mass is 14.6. The van der Waals surface area contributed by atoms with Crippen LogP contribution in [0.15, 0.2) is 24.3 Å². The van der Waals surface area contributed by atoms with Gasteiger partial charge in [-0.3, -0.25) is 0 Å².